The zero-order valence-electron chi connectivity index (χ0n) is 33.7. The Morgan fingerprint density at radius 1 is 0.534 bits per heavy atom. The Bertz CT molecular complexity index is 2750. The summed E-state index contributed by atoms with van der Waals surface area (Å²) in [6.07, 6.45) is 13.0. The van der Waals surface area contributed by atoms with Crippen LogP contribution in [0.25, 0.3) is 28.3 Å². The molecule has 2 atom stereocenters. The monoisotopic (exact) mass is 748 g/mol. The lowest BCUT2D eigenvalue weighted by atomic mass is 9.73. The molecule has 10 rings (SSSR count). The summed E-state index contributed by atoms with van der Waals surface area (Å²) in [7, 11) is 0. The van der Waals surface area contributed by atoms with E-state index in [0.29, 0.717) is 0 Å². The van der Waals surface area contributed by atoms with Gasteiger partial charge in [-0.25, -0.2) is 0 Å². The van der Waals surface area contributed by atoms with Crippen LogP contribution in [-0.2, 0) is 10.8 Å². The summed E-state index contributed by atoms with van der Waals surface area (Å²) in [6.45, 7) is 9.45. The Morgan fingerprint density at radius 3 is 1.98 bits per heavy atom. The summed E-state index contributed by atoms with van der Waals surface area (Å²) in [5.74, 6) is 0.133. The fourth-order valence-electron chi connectivity index (χ4n) is 9.63. The average molecular weight is 749 g/mol. The van der Waals surface area contributed by atoms with Gasteiger partial charge in [0, 0.05) is 22.4 Å². The molecule has 0 spiro atoms. The van der Waals surface area contributed by atoms with Crippen molar-refractivity contribution in [2.45, 2.75) is 50.5 Å². The highest BCUT2D eigenvalue weighted by atomic mass is 15.2. The number of nitrogens with zero attached hydrogens (tertiary/aromatic N) is 1. The van der Waals surface area contributed by atoms with Gasteiger partial charge in [0.1, 0.15) is 0 Å². The van der Waals surface area contributed by atoms with E-state index < -0.39 is 0 Å². The van der Waals surface area contributed by atoms with Crippen LogP contribution in [0.5, 0.6) is 0 Å². The smallest absolute Gasteiger partial charge is 0.0695 e. The summed E-state index contributed by atoms with van der Waals surface area (Å²) in [6, 6.07) is 61.1. The van der Waals surface area contributed by atoms with Crippen molar-refractivity contribution in [3.8, 4) is 22.3 Å². The number of rotatable bonds is 7. The number of nitrogens with one attached hydrogen (secondary N) is 1. The Kier molecular flexibility index (Phi) is 8.68. The second-order valence-corrected chi connectivity index (χ2v) is 17.0. The number of benzene rings is 7. The molecular weight excluding hydrogens is 701 g/mol. The lowest BCUT2D eigenvalue weighted by molar-refractivity contribution is 0.632. The van der Waals surface area contributed by atoms with Crippen molar-refractivity contribution >= 4 is 23.1 Å². The number of hydrogen-bond acceptors (Lipinski definition) is 2. The highest BCUT2D eigenvalue weighted by Gasteiger charge is 2.38. The predicted octanol–water partition coefficient (Wildman–Crippen LogP) is 14.3. The van der Waals surface area contributed by atoms with E-state index in [1.807, 2.05) is 12.3 Å². The Morgan fingerprint density at radius 2 is 1.21 bits per heavy atom. The Labute approximate surface area is 343 Å². The van der Waals surface area contributed by atoms with E-state index in [1.54, 1.807) is 0 Å². The first kappa shape index (κ1) is 35.8. The van der Waals surface area contributed by atoms with Crippen molar-refractivity contribution in [3.05, 3.63) is 239 Å². The molecule has 0 amide bonds. The maximum Gasteiger partial charge on any atom is 0.0695 e. The van der Waals surface area contributed by atoms with Gasteiger partial charge in [-0.15, -0.1) is 0 Å². The van der Waals surface area contributed by atoms with E-state index in [-0.39, 0.29) is 22.8 Å². The summed E-state index contributed by atoms with van der Waals surface area (Å²) in [5, 5.41) is 3.45. The van der Waals surface area contributed by atoms with Crippen molar-refractivity contribution in [2.24, 2.45) is 0 Å². The SMILES string of the molecule is CC1(C)c2ccccc2-c2ccc(C(/C=C/c3ccc(-c4ccc5c(c4)C(C)(C)c4ccccc4N5c4ccc(C5C=CC=CN5)cc4)cc3)c3ccccc3)cc21. The first-order valence-electron chi connectivity index (χ1n) is 20.6. The molecule has 2 heterocycles. The number of para-hydroxylation sites is 1. The van der Waals surface area contributed by atoms with E-state index >= 15 is 0 Å². The van der Waals surface area contributed by atoms with Gasteiger partial charge in [-0.3, -0.25) is 0 Å². The molecule has 7 aromatic carbocycles. The normalized spacial score (nSPS) is 17.2. The van der Waals surface area contributed by atoms with Crippen LogP contribution in [0.3, 0.4) is 0 Å². The van der Waals surface area contributed by atoms with Crippen LogP contribution < -0.4 is 10.2 Å². The largest absolute Gasteiger partial charge is 0.381 e. The van der Waals surface area contributed by atoms with E-state index in [9.17, 15) is 0 Å². The predicted molar refractivity (Wildman–Crippen MR) is 244 cm³/mol. The maximum absolute atomic E-state index is 3.45. The molecule has 2 unspecified atom stereocenters. The molecule has 2 heteroatoms. The topological polar surface area (TPSA) is 15.3 Å². The highest BCUT2D eigenvalue weighted by molar-refractivity contribution is 5.88. The van der Waals surface area contributed by atoms with Gasteiger partial charge in [0.05, 0.1) is 17.4 Å². The number of anilines is 3. The average Bonchev–Trinajstić information content (AvgIpc) is 3.50. The van der Waals surface area contributed by atoms with Gasteiger partial charge in [0.25, 0.3) is 0 Å². The van der Waals surface area contributed by atoms with Crippen molar-refractivity contribution in [1.82, 2.24) is 5.32 Å². The van der Waals surface area contributed by atoms with Crippen LogP contribution >= 0.6 is 0 Å². The molecule has 7 aromatic rings. The Balaban J connectivity index is 0.958. The lowest BCUT2D eigenvalue weighted by Gasteiger charge is -2.42. The highest BCUT2D eigenvalue weighted by Crippen LogP contribution is 2.53. The molecule has 2 aliphatic heterocycles. The maximum atomic E-state index is 3.45. The number of hydrogen-bond donors (Lipinski definition) is 1. The molecular formula is C56H48N2. The van der Waals surface area contributed by atoms with Gasteiger partial charge in [-0.05, 0) is 109 Å². The Hall–Kier alpha value is -6.64. The fraction of sp³-hybridized carbons (Fsp3) is 0.143. The second-order valence-electron chi connectivity index (χ2n) is 17.0. The molecule has 2 nitrogen and oxygen atoms in total. The molecule has 0 saturated carbocycles. The summed E-state index contributed by atoms with van der Waals surface area (Å²) >= 11 is 0. The first-order valence-corrected chi connectivity index (χ1v) is 20.6. The summed E-state index contributed by atoms with van der Waals surface area (Å²) < 4.78 is 0. The van der Waals surface area contributed by atoms with Gasteiger partial charge in [0.15, 0.2) is 0 Å². The zero-order chi connectivity index (χ0) is 39.4. The molecule has 58 heavy (non-hydrogen) atoms. The molecule has 0 radical (unpaired) electrons. The molecule has 1 N–H and O–H groups in total. The number of allylic oxidation sites excluding steroid dienone is 3. The van der Waals surface area contributed by atoms with Crippen molar-refractivity contribution in [1.29, 1.82) is 0 Å². The van der Waals surface area contributed by atoms with Crippen LogP contribution in [-0.4, -0.2) is 0 Å². The molecule has 282 valence electrons. The van der Waals surface area contributed by atoms with Crippen LogP contribution in [0.15, 0.2) is 194 Å². The molecule has 0 fully saturated rings. The molecule has 1 aliphatic carbocycles. The van der Waals surface area contributed by atoms with Crippen molar-refractivity contribution in [2.75, 3.05) is 4.90 Å². The van der Waals surface area contributed by atoms with E-state index in [2.05, 4.69) is 226 Å². The standard InChI is InChI=1S/C56H48N2/c1-55(2)48-17-9-8-16-46(48)47-33-28-43(37-50(47)55)45(40-14-6-5-7-15-40)32-23-38-21-24-39(25-22-38)42-29-34-54-51(36-42)56(3,4)49-18-10-11-20-53(49)58(54)44-30-26-41(27-31-44)52-19-12-13-35-57-52/h5-37,45,52,57H,1-4H3/b32-23+. The van der Waals surface area contributed by atoms with Gasteiger partial charge >= 0.3 is 0 Å². The van der Waals surface area contributed by atoms with Crippen LogP contribution in [0.2, 0.25) is 0 Å². The zero-order valence-corrected chi connectivity index (χ0v) is 33.7. The summed E-state index contributed by atoms with van der Waals surface area (Å²) in [5.41, 5.74) is 19.1. The third-order valence-corrected chi connectivity index (χ3v) is 12.9. The molecule has 0 aromatic heterocycles. The van der Waals surface area contributed by atoms with Gasteiger partial charge in [0.2, 0.25) is 0 Å². The third kappa shape index (κ3) is 6.03. The van der Waals surface area contributed by atoms with Crippen LogP contribution in [0.1, 0.15) is 84.2 Å². The van der Waals surface area contributed by atoms with E-state index in [0.717, 1.165) is 5.69 Å². The summed E-state index contributed by atoms with van der Waals surface area (Å²) in [4.78, 5) is 2.44. The number of dihydropyridines is 1. The minimum atomic E-state index is -0.174. The second kappa shape index (κ2) is 14.1. The van der Waals surface area contributed by atoms with Gasteiger partial charge in [-0.2, -0.15) is 0 Å². The van der Waals surface area contributed by atoms with Gasteiger partial charge in [-0.1, -0.05) is 185 Å². The van der Waals surface area contributed by atoms with E-state index in [1.165, 1.54) is 78.1 Å². The lowest BCUT2D eigenvalue weighted by Crippen LogP contribution is -2.30. The molecule has 0 saturated heterocycles. The van der Waals surface area contributed by atoms with Crippen molar-refractivity contribution < 1.29 is 0 Å². The van der Waals surface area contributed by atoms with E-state index in [4.69, 9.17) is 0 Å². The number of fused-ring (bicyclic) bond motifs is 5. The molecule has 3 aliphatic rings. The third-order valence-electron chi connectivity index (χ3n) is 12.9. The van der Waals surface area contributed by atoms with Crippen molar-refractivity contribution in [3.63, 3.8) is 0 Å². The van der Waals surface area contributed by atoms with Crippen LogP contribution in [0.4, 0.5) is 17.1 Å². The quantitative estimate of drug-likeness (QED) is 0.175. The fourth-order valence-corrected chi connectivity index (χ4v) is 9.63. The van der Waals surface area contributed by atoms with Crippen LogP contribution in [0, 0.1) is 0 Å². The molecule has 0 bridgehead atoms. The minimum absolute atomic E-state index is 0.0375. The van der Waals surface area contributed by atoms with Gasteiger partial charge < -0.3 is 10.2 Å². The minimum Gasteiger partial charge on any atom is -0.381 e. The first-order chi connectivity index (χ1) is 28.3.